The van der Waals surface area contributed by atoms with Crippen LogP contribution in [0, 0.1) is 0 Å². The standard InChI is InChI=1S/C12H11NO4/c14-10-7-12(5-6-12)17-13(10)9-4-2-1-3-8(9)11(15)16/h1-4H,5-7H2,(H,15,16). The van der Waals surface area contributed by atoms with Gasteiger partial charge in [0.25, 0.3) is 5.91 Å². The fourth-order valence-corrected chi connectivity index (χ4v) is 2.05. The van der Waals surface area contributed by atoms with Crippen molar-refractivity contribution in [3.8, 4) is 0 Å². The molecule has 2 fully saturated rings. The van der Waals surface area contributed by atoms with Gasteiger partial charge in [-0.2, -0.15) is 5.06 Å². The number of rotatable bonds is 2. The Hall–Kier alpha value is -1.88. The van der Waals surface area contributed by atoms with Crippen LogP contribution in [0.4, 0.5) is 5.69 Å². The van der Waals surface area contributed by atoms with Crippen LogP contribution in [-0.4, -0.2) is 22.6 Å². The summed E-state index contributed by atoms with van der Waals surface area (Å²) in [6.45, 7) is 0. The van der Waals surface area contributed by atoms with E-state index in [1.807, 2.05) is 0 Å². The first kappa shape index (κ1) is 10.3. The van der Waals surface area contributed by atoms with E-state index in [1.165, 1.54) is 6.07 Å². The average Bonchev–Trinajstić information content (AvgIpc) is 2.96. The maximum Gasteiger partial charge on any atom is 0.337 e. The van der Waals surface area contributed by atoms with Crippen LogP contribution in [0.3, 0.4) is 0 Å². The van der Waals surface area contributed by atoms with Gasteiger partial charge in [0.2, 0.25) is 0 Å². The first-order valence-electron chi connectivity index (χ1n) is 5.46. The van der Waals surface area contributed by atoms with Gasteiger partial charge in [0, 0.05) is 0 Å². The molecule has 0 unspecified atom stereocenters. The minimum absolute atomic E-state index is 0.0820. The fourth-order valence-electron chi connectivity index (χ4n) is 2.05. The van der Waals surface area contributed by atoms with Crippen molar-refractivity contribution >= 4 is 17.6 Å². The van der Waals surface area contributed by atoms with Crippen LogP contribution in [0.25, 0.3) is 0 Å². The van der Waals surface area contributed by atoms with Crippen molar-refractivity contribution < 1.29 is 19.5 Å². The van der Waals surface area contributed by atoms with Gasteiger partial charge >= 0.3 is 5.97 Å². The second-order valence-corrected chi connectivity index (χ2v) is 4.46. The minimum atomic E-state index is -1.06. The summed E-state index contributed by atoms with van der Waals surface area (Å²) in [5.74, 6) is -1.23. The van der Waals surface area contributed by atoms with Crippen LogP contribution in [0.2, 0.25) is 0 Å². The molecule has 0 aromatic heterocycles. The van der Waals surface area contributed by atoms with E-state index in [4.69, 9.17) is 9.94 Å². The average molecular weight is 233 g/mol. The molecule has 2 aliphatic rings. The Balaban J connectivity index is 1.99. The van der Waals surface area contributed by atoms with Gasteiger partial charge in [-0.25, -0.2) is 4.79 Å². The van der Waals surface area contributed by atoms with Crippen molar-refractivity contribution in [3.63, 3.8) is 0 Å². The fraction of sp³-hybridized carbons (Fsp3) is 0.333. The van der Waals surface area contributed by atoms with Gasteiger partial charge in [0.15, 0.2) is 0 Å². The highest BCUT2D eigenvalue weighted by Crippen LogP contribution is 2.49. The van der Waals surface area contributed by atoms with Crippen molar-refractivity contribution in [2.45, 2.75) is 24.9 Å². The largest absolute Gasteiger partial charge is 0.478 e. The van der Waals surface area contributed by atoms with Crippen molar-refractivity contribution in [3.05, 3.63) is 29.8 Å². The molecule has 1 heterocycles. The number of benzene rings is 1. The van der Waals surface area contributed by atoms with Crippen molar-refractivity contribution in [1.29, 1.82) is 0 Å². The smallest absolute Gasteiger partial charge is 0.337 e. The Morgan fingerprint density at radius 3 is 2.65 bits per heavy atom. The SMILES string of the molecule is O=C(O)c1ccccc1N1OC2(CC2)CC1=O. The number of carbonyl (C=O) groups is 2. The first-order chi connectivity index (χ1) is 8.11. The highest BCUT2D eigenvalue weighted by molar-refractivity contribution is 6.02. The van der Waals surface area contributed by atoms with Crippen LogP contribution in [0.1, 0.15) is 29.6 Å². The molecule has 1 aliphatic carbocycles. The molecule has 0 atom stereocenters. The molecule has 1 saturated carbocycles. The molecule has 1 aromatic carbocycles. The molecule has 1 amide bonds. The summed E-state index contributed by atoms with van der Waals surface area (Å²) in [5, 5.41) is 10.2. The van der Waals surface area contributed by atoms with E-state index < -0.39 is 5.97 Å². The lowest BCUT2D eigenvalue weighted by Gasteiger charge is -2.17. The van der Waals surface area contributed by atoms with Gasteiger partial charge < -0.3 is 5.11 Å². The lowest BCUT2D eigenvalue weighted by atomic mass is 10.1. The number of carboxylic acids is 1. The summed E-state index contributed by atoms with van der Waals surface area (Å²) in [7, 11) is 0. The third kappa shape index (κ3) is 1.59. The maximum absolute atomic E-state index is 11.8. The lowest BCUT2D eigenvalue weighted by molar-refractivity contribution is -0.119. The molecule has 1 aliphatic heterocycles. The Morgan fingerprint density at radius 2 is 2.06 bits per heavy atom. The Labute approximate surface area is 97.6 Å². The molecule has 0 bridgehead atoms. The number of aromatic carboxylic acids is 1. The number of carboxylic acid groups (broad SMARTS) is 1. The van der Waals surface area contributed by atoms with Crippen LogP contribution < -0.4 is 5.06 Å². The predicted octanol–water partition coefficient (Wildman–Crippen LogP) is 1.59. The van der Waals surface area contributed by atoms with Crippen LogP contribution in [-0.2, 0) is 9.63 Å². The summed E-state index contributed by atoms with van der Waals surface area (Å²) in [4.78, 5) is 28.5. The van der Waals surface area contributed by atoms with Crippen molar-refractivity contribution in [1.82, 2.24) is 0 Å². The van der Waals surface area contributed by atoms with E-state index in [2.05, 4.69) is 0 Å². The zero-order valence-electron chi connectivity index (χ0n) is 9.05. The van der Waals surface area contributed by atoms with E-state index >= 15 is 0 Å². The molecular formula is C12H11NO4. The third-order valence-corrected chi connectivity index (χ3v) is 3.15. The number of anilines is 1. The number of hydroxylamine groups is 1. The monoisotopic (exact) mass is 233 g/mol. The topological polar surface area (TPSA) is 66.8 Å². The summed E-state index contributed by atoms with van der Waals surface area (Å²) >= 11 is 0. The van der Waals surface area contributed by atoms with Crippen LogP contribution in [0.15, 0.2) is 24.3 Å². The molecule has 1 N–H and O–H groups in total. The molecule has 3 rings (SSSR count). The van der Waals surface area contributed by atoms with E-state index in [9.17, 15) is 9.59 Å². The van der Waals surface area contributed by atoms with Gasteiger partial charge in [-0.15, -0.1) is 0 Å². The Morgan fingerprint density at radius 1 is 1.35 bits per heavy atom. The second-order valence-electron chi connectivity index (χ2n) is 4.46. The minimum Gasteiger partial charge on any atom is -0.478 e. The number of para-hydroxylation sites is 1. The zero-order valence-corrected chi connectivity index (χ0v) is 9.05. The number of hydrogen-bond donors (Lipinski definition) is 1. The number of amides is 1. The normalized spacial score (nSPS) is 20.9. The van der Waals surface area contributed by atoms with Crippen LogP contribution in [0.5, 0.6) is 0 Å². The van der Waals surface area contributed by atoms with E-state index in [1.54, 1.807) is 18.2 Å². The van der Waals surface area contributed by atoms with Gasteiger partial charge in [-0.05, 0) is 25.0 Å². The highest BCUT2D eigenvalue weighted by atomic mass is 16.7. The molecule has 88 valence electrons. The molecule has 5 heteroatoms. The molecule has 0 radical (unpaired) electrons. The summed E-state index contributed by atoms with van der Waals surface area (Å²) < 4.78 is 0. The summed E-state index contributed by atoms with van der Waals surface area (Å²) in [6.07, 6.45) is 2.08. The van der Waals surface area contributed by atoms with Gasteiger partial charge in [0.1, 0.15) is 5.60 Å². The summed E-state index contributed by atoms with van der Waals surface area (Å²) in [6, 6.07) is 6.37. The zero-order chi connectivity index (χ0) is 12.0. The van der Waals surface area contributed by atoms with Crippen molar-refractivity contribution in [2.24, 2.45) is 0 Å². The lowest BCUT2D eigenvalue weighted by Crippen LogP contribution is -2.25. The van der Waals surface area contributed by atoms with Gasteiger partial charge in [-0.1, -0.05) is 12.1 Å². The first-order valence-corrected chi connectivity index (χ1v) is 5.46. The maximum atomic E-state index is 11.8. The Bertz CT molecular complexity index is 507. The molecule has 5 nitrogen and oxygen atoms in total. The number of nitrogens with zero attached hydrogens (tertiary/aromatic N) is 1. The molecule has 17 heavy (non-hydrogen) atoms. The third-order valence-electron chi connectivity index (χ3n) is 3.15. The summed E-state index contributed by atoms with van der Waals surface area (Å²) in [5.41, 5.74) is 0.0511. The quantitative estimate of drug-likeness (QED) is 0.842. The van der Waals surface area contributed by atoms with E-state index in [0.29, 0.717) is 12.1 Å². The molecular weight excluding hydrogens is 222 g/mol. The van der Waals surface area contributed by atoms with Gasteiger partial charge in [0.05, 0.1) is 17.7 Å². The molecule has 1 aromatic rings. The number of carbonyl (C=O) groups excluding carboxylic acids is 1. The molecule has 1 spiro atoms. The van der Waals surface area contributed by atoms with Crippen LogP contribution >= 0.6 is 0 Å². The van der Waals surface area contributed by atoms with E-state index in [-0.39, 0.29) is 17.1 Å². The Kier molecular flexibility index (Phi) is 2.00. The van der Waals surface area contributed by atoms with Crippen molar-refractivity contribution in [2.75, 3.05) is 5.06 Å². The highest BCUT2D eigenvalue weighted by Gasteiger charge is 2.55. The number of hydrogen-bond acceptors (Lipinski definition) is 3. The second kappa shape index (κ2) is 3.30. The molecule has 1 saturated heterocycles. The van der Waals surface area contributed by atoms with E-state index in [0.717, 1.165) is 17.9 Å². The predicted molar refractivity (Wildman–Crippen MR) is 58.6 cm³/mol. The van der Waals surface area contributed by atoms with Gasteiger partial charge in [-0.3, -0.25) is 9.63 Å².